The molecular weight excluding hydrogens is 1060 g/mol. The van der Waals surface area contributed by atoms with Gasteiger partial charge in [0.15, 0.2) is 21.7 Å². The van der Waals surface area contributed by atoms with E-state index in [1.165, 1.54) is 36.4 Å². The Morgan fingerprint density at radius 1 is 0.433 bits per heavy atom. The van der Waals surface area contributed by atoms with Crippen molar-refractivity contribution in [3.05, 3.63) is 89.5 Å². The van der Waals surface area contributed by atoms with Gasteiger partial charge in [-0.15, -0.1) is 15.3 Å². The van der Waals surface area contributed by atoms with Crippen LogP contribution >= 0.6 is 140 Å². The van der Waals surface area contributed by atoms with Gasteiger partial charge in [-0.1, -0.05) is 195 Å². The molecule has 0 amide bonds. The Labute approximate surface area is 414 Å². The maximum Gasteiger partial charge on any atom is 3.00 e. The van der Waals surface area contributed by atoms with Crippen molar-refractivity contribution in [2.45, 2.75) is 27.9 Å². The number of benzene rings is 3. The number of thioether (sulfide) groups is 6. The molecule has 3 aromatic carbocycles. The number of hydrogen-bond acceptors (Lipinski definition) is 18. The van der Waals surface area contributed by atoms with Crippen molar-refractivity contribution in [2.75, 3.05) is 34.5 Å². The summed E-state index contributed by atoms with van der Waals surface area (Å²) in [5.74, 6) is 4.39. The summed E-state index contributed by atoms with van der Waals surface area (Å²) >= 11 is 38.5. The van der Waals surface area contributed by atoms with Crippen LogP contribution in [0.1, 0.15) is 36.0 Å². The van der Waals surface area contributed by atoms with Gasteiger partial charge in [0.05, 0.1) is 0 Å². The first-order valence-electron chi connectivity index (χ1n) is 16.7. The molecule has 12 nitrogen and oxygen atoms in total. The zero-order valence-electron chi connectivity index (χ0n) is 30.8. The van der Waals surface area contributed by atoms with Gasteiger partial charge in [0.1, 0.15) is 17.2 Å². The van der Waals surface area contributed by atoms with Gasteiger partial charge in [0.25, 0.3) is 0 Å². The van der Waals surface area contributed by atoms with Crippen molar-refractivity contribution >= 4 is 171 Å². The fraction of sp³-hybridized carbons (Fsp3) is 0.314. The SMILES string of the molecule is ClC(Cl)Cl.ClC(Cl)Cl.[Fe+3].[O-]/C(=N\N=C1SCCCS1)c1ccccc1O.[O-]/C(=N\N=C1SCCCS1)c1ccccc1O.[O-]/C(=N\N=C1SCCCS1)c1ccccc1O. The monoisotopic (exact) mass is 1090 g/mol. The molecule has 3 aromatic rings. The number of aromatic hydroxyl groups is 3. The minimum absolute atomic E-state index is 0. The first-order valence-corrected chi connectivity index (χ1v) is 25.3. The van der Waals surface area contributed by atoms with E-state index < -0.39 is 26.3 Å². The predicted octanol–water partition coefficient (Wildman–Crippen LogP) is 8.89. The standard InChI is InChI=1S/3C11H12N2O2S2.2CHCl3.Fe/c3*14-9-5-2-1-4-8(9)10(15)12-13-11-16-6-3-7-17-11;2*2-1(3)4;/h3*1-2,4-5,14H,3,6-7H2,(H,12,15);2*1H;/q;;;;;+3/p-3. The molecule has 6 rings (SSSR count). The van der Waals surface area contributed by atoms with Gasteiger partial charge in [0.2, 0.25) is 0 Å². The Morgan fingerprint density at radius 2 is 0.633 bits per heavy atom. The van der Waals surface area contributed by atoms with Gasteiger partial charge in [-0.05, 0) is 37.5 Å². The van der Waals surface area contributed by atoms with Crippen molar-refractivity contribution < 1.29 is 47.7 Å². The van der Waals surface area contributed by atoms with Crippen LogP contribution in [-0.2, 0) is 17.1 Å². The van der Waals surface area contributed by atoms with E-state index in [9.17, 15) is 30.6 Å². The van der Waals surface area contributed by atoms with E-state index in [0.29, 0.717) is 0 Å². The number of nitrogens with zero attached hydrogens (tertiary/aromatic N) is 6. The summed E-state index contributed by atoms with van der Waals surface area (Å²) in [5, 5.41) is 86.0. The molecule has 0 saturated carbocycles. The number of phenols is 3. The molecule has 0 unspecified atom stereocenters. The van der Waals surface area contributed by atoms with Gasteiger partial charge >= 0.3 is 17.1 Å². The summed E-state index contributed by atoms with van der Waals surface area (Å²) < 4.78 is 0.958. The summed E-state index contributed by atoms with van der Waals surface area (Å²) in [4.78, 5) is 0. The van der Waals surface area contributed by atoms with E-state index >= 15 is 0 Å². The van der Waals surface area contributed by atoms with E-state index in [2.05, 4.69) is 30.6 Å². The molecule has 0 atom stereocenters. The van der Waals surface area contributed by atoms with Crippen LogP contribution in [0.5, 0.6) is 17.2 Å². The molecule has 0 aliphatic carbocycles. The van der Waals surface area contributed by atoms with Crippen molar-refractivity contribution in [3.63, 3.8) is 0 Å². The first-order chi connectivity index (χ1) is 28.3. The van der Waals surface area contributed by atoms with Crippen LogP contribution in [0.4, 0.5) is 0 Å². The van der Waals surface area contributed by atoms with Gasteiger partial charge < -0.3 is 30.6 Å². The number of alkyl halides is 6. The Balaban J connectivity index is 0.000000409. The van der Waals surface area contributed by atoms with E-state index in [0.717, 1.165) is 66.9 Å². The van der Waals surface area contributed by atoms with Crippen LogP contribution in [0.3, 0.4) is 0 Å². The van der Waals surface area contributed by atoms with Gasteiger partial charge in [-0.3, -0.25) is 0 Å². The largest absolute Gasteiger partial charge is 3.00 e. The molecule has 0 spiro atoms. The smallest absolute Gasteiger partial charge is 0.857 e. The zero-order valence-corrected chi connectivity index (χ0v) is 41.3. The van der Waals surface area contributed by atoms with Gasteiger partial charge in [0, 0.05) is 68.9 Å². The van der Waals surface area contributed by atoms with Crippen LogP contribution in [-0.4, -0.2) is 89.2 Å². The predicted molar refractivity (Wildman–Crippen MR) is 258 cm³/mol. The zero-order chi connectivity index (χ0) is 43.4. The molecule has 1 radical (unpaired) electrons. The van der Waals surface area contributed by atoms with Crippen molar-refractivity contribution in [2.24, 2.45) is 30.6 Å². The topological polar surface area (TPSA) is 204 Å². The van der Waals surface area contributed by atoms with E-state index in [-0.39, 0.29) is 51.0 Å². The molecule has 3 aliphatic rings. The molecule has 327 valence electrons. The van der Waals surface area contributed by atoms with Gasteiger partial charge in [-0.25, -0.2) is 0 Å². The minimum atomic E-state index is -0.750. The fourth-order valence-corrected chi connectivity index (χ4v) is 10.2. The quantitative estimate of drug-likeness (QED) is 0.0697. The molecule has 3 heterocycles. The molecule has 3 fully saturated rings. The Bertz CT molecular complexity index is 1680. The molecular formula is C35H35Cl6FeN6O6S6. The molecule has 60 heavy (non-hydrogen) atoms. The second-order valence-corrected chi connectivity index (χ2v) is 21.7. The molecule has 25 heteroatoms. The number of phenolic OH excluding ortho intramolecular Hbond substituents is 3. The van der Waals surface area contributed by atoms with E-state index in [1.807, 2.05) is 0 Å². The summed E-state index contributed by atoms with van der Waals surface area (Å²) in [6, 6.07) is 19.0. The van der Waals surface area contributed by atoms with Crippen molar-refractivity contribution in [3.8, 4) is 17.2 Å². The van der Waals surface area contributed by atoms with E-state index in [4.69, 9.17) is 69.6 Å². The molecule has 0 bridgehead atoms. The van der Waals surface area contributed by atoms with Gasteiger partial charge in [-0.2, -0.15) is 15.3 Å². The number of hydrogen-bond donors (Lipinski definition) is 3. The van der Waals surface area contributed by atoms with Crippen molar-refractivity contribution in [1.29, 1.82) is 0 Å². The summed E-state index contributed by atoms with van der Waals surface area (Å²) in [6.45, 7) is 0. The maximum absolute atomic E-state index is 11.7. The Morgan fingerprint density at radius 3 is 0.833 bits per heavy atom. The molecule has 3 saturated heterocycles. The van der Waals surface area contributed by atoms with Crippen LogP contribution in [0.15, 0.2) is 103 Å². The van der Waals surface area contributed by atoms with Crippen LogP contribution in [0, 0.1) is 0 Å². The number of rotatable bonds is 6. The first kappa shape index (κ1) is 56.9. The molecule has 3 N–H and O–H groups in total. The molecule has 3 aliphatic heterocycles. The Hall–Kier alpha value is -1.16. The third-order valence-corrected chi connectivity index (χ3v) is 13.3. The fourth-order valence-electron chi connectivity index (χ4n) is 3.82. The van der Waals surface area contributed by atoms with Crippen LogP contribution < -0.4 is 15.3 Å². The minimum Gasteiger partial charge on any atom is -0.857 e. The second kappa shape index (κ2) is 34.3. The average Bonchev–Trinajstić information content (AvgIpc) is 3.23. The summed E-state index contributed by atoms with van der Waals surface area (Å²) in [5.41, 5.74) is 0.549. The van der Waals surface area contributed by atoms with Crippen LogP contribution in [0.25, 0.3) is 0 Å². The average molecular weight is 1100 g/mol. The van der Waals surface area contributed by atoms with Crippen LogP contribution in [0.2, 0.25) is 0 Å². The third-order valence-electron chi connectivity index (χ3n) is 6.29. The maximum atomic E-state index is 11.7. The third kappa shape index (κ3) is 25.8. The normalized spacial score (nSPS) is 15.6. The molecule has 0 aromatic heterocycles. The number of para-hydroxylation sites is 3. The van der Waals surface area contributed by atoms with Crippen molar-refractivity contribution in [1.82, 2.24) is 0 Å². The second-order valence-electron chi connectivity index (χ2n) is 10.5. The Kier molecular flexibility index (Phi) is 32.5. The number of halogens is 6. The summed E-state index contributed by atoms with van der Waals surface area (Å²) in [7, 11) is 0. The van der Waals surface area contributed by atoms with E-state index in [1.54, 1.807) is 107 Å². The summed E-state index contributed by atoms with van der Waals surface area (Å²) in [6.07, 6.45) is 3.46.